The summed E-state index contributed by atoms with van der Waals surface area (Å²) in [5, 5.41) is 0.248. The van der Waals surface area contributed by atoms with Gasteiger partial charge in [0.15, 0.2) is 0 Å². The number of thioether (sulfide) groups is 1. The van der Waals surface area contributed by atoms with E-state index in [0.29, 0.717) is 4.90 Å². The first kappa shape index (κ1) is 12.8. The topological polar surface area (TPSA) is 26.0 Å². The van der Waals surface area contributed by atoms with Crippen molar-refractivity contribution in [1.29, 1.82) is 0 Å². The average molecular weight is 257 g/mol. The number of benzene rings is 1. The van der Waals surface area contributed by atoms with Gasteiger partial charge >= 0.3 is 0 Å². The van der Waals surface area contributed by atoms with E-state index in [4.69, 9.17) is 5.73 Å². The van der Waals surface area contributed by atoms with Gasteiger partial charge in [-0.2, -0.15) is 0 Å². The van der Waals surface area contributed by atoms with Gasteiger partial charge < -0.3 is 5.73 Å². The van der Waals surface area contributed by atoms with Crippen molar-refractivity contribution < 1.29 is 8.78 Å². The van der Waals surface area contributed by atoms with Gasteiger partial charge in [-0.05, 0) is 25.0 Å². The van der Waals surface area contributed by atoms with E-state index in [1.165, 1.54) is 30.3 Å². The van der Waals surface area contributed by atoms with E-state index in [1.54, 1.807) is 0 Å². The molecule has 1 aromatic carbocycles. The Bertz CT molecular complexity index is 384. The summed E-state index contributed by atoms with van der Waals surface area (Å²) < 4.78 is 26.3. The fourth-order valence-corrected chi connectivity index (χ4v) is 3.42. The lowest BCUT2D eigenvalue weighted by molar-refractivity contribution is 0.562. The van der Waals surface area contributed by atoms with E-state index < -0.39 is 11.6 Å². The zero-order valence-electron chi connectivity index (χ0n) is 9.66. The van der Waals surface area contributed by atoms with Crippen molar-refractivity contribution in [3.63, 3.8) is 0 Å². The summed E-state index contributed by atoms with van der Waals surface area (Å²) in [6, 6.07) is 3.86. The minimum atomic E-state index is -0.531. The van der Waals surface area contributed by atoms with Crippen LogP contribution in [0.5, 0.6) is 0 Å². The van der Waals surface area contributed by atoms with Crippen molar-refractivity contribution >= 4 is 11.8 Å². The molecule has 1 nitrogen and oxygen atoms in total. The summed E-state index contributed by atoms with van der Waals surface area (Å²) in [6.07, 6.45) is 5.53. The van der Waals surface area contributed by atoms with Crippen LogP contribution in [-0.2, 0) is 0 Å². The zero-order chi connectivity index (χ0) is 12.3. The van der Waals surface area contributed by atoms with Crippen LogP contribution in [0.15, 0.2) is 23.1 Å². The molecule has 1 aliphatic rings. The van der Waals surface area contributed by atoms with Crippen molar-refractivity contribution in [1.82, 2.24) is 0 Å². The second-order valence-electron chi connectivity index (χ2n) is 4.53. The maximum Gasteiger partial charge on any atom is 0.139 e. The normalized spacial score (nSPS) is 25.6. The summed E-state index contributed by atoms with van der Waals surface area (Å²) in [6.45, 7) is 0. The van der Waals surface area contributed by atoms with Gasteiger partial charge in [-0.25, -0.2) is 8.78 Å². The molecule has 0 radical (unpaired) electrons. The molecular formula is C13H17F2NS. The van der Waals surface area contributed by atoms with E-state index >= 15 is 0 Å². The smallest absolute Gasteiger partial charge is 0.139 e. The first-order valence-corrected chi connectivity index (χ1v) is 6.92. The molecule has 0 amide bonds. The highest BCUT2D eigenvalue weighted by Gasteiger charge is 2.22. The molecule has 2 atom stereocenters. The molecule has 0 spiro atoms. The molecule has 0 aliphatic heterocycles. The quantitative estimate of drug-likeness (QED) is 0.817. The summed E-state index contributed by atoms with van der Waals surface area (Å²) in [5.41, 5.74) is 6.09. The van der Waals surface area contributed by atoms with Crippen LogP contribution in [0.3, 0.4) is 0 Å². The second kappa shape index (κ2) is 5.83. The third-order valence-electron chi connectivity index (χ3n) is 3.18. The number of halogens is 2. The van der Waals surface area contributed by atoms with Gasteiger partial charge in [0.25, 0.3) is 0 Å². The van der Waals surface area contributed by atoms with Crippen LogP contribution in [0, 0.1) is 11.6 Å². The van der Waals surface area contributed by atoms with Gasteiger partial charge in [-0.15, -0.1) is 11.8 Å². The van der Waals surface area contributed by atoms with Crippen LogP contribution in [0.4, 0.5) is 8.78 Å². The monoisotopic (exact) mass is 257 g/mol. The molecule has 17 heavy (non-hydrogen) atoms. The van der Waals surface area contributed by atoms with Crippen molar-refractivity contribution in [2.24, 2.45) is 5.73 Å². The molecule has 2 unspecified atom stereocenters. The van der Waals surface area contributed by atoms with Crippen LogP contribution < -0.4 is 5.73 Å². The second-order valence-corrected chi connectivity index (χ2v) is 5.81. The largest absolute Gasteiger partial charge is 0.327 e. The third kappa shape index (κ3) is 3.42. The Labute approximate surface area is 105 Å². The van der Waals surface area contributed by atoms with Crippen LogP contribution in [0.25, 0.3) is 0 Å². The van der Waals surface area contributed by atoms with E-state index in [0.717, 1.165) is 31.7 Å². The predicted octanol–water partition coefficient (Wildman–Crippen LogP) is 3.72. The Morgan fingerprint density at radius 1 is 1.12 bits per heavy atom. The lowest BCUT2D eigenvalue weighted by Crippen LogP contribution is -2.31. The summed E-state index contributed by atoms with van der Waals surface area (Å²) in [4.78, 5) is 0.508. The molecule has 2 rings (SSSR count). The minimum Gasteiger partial charge on any atom is -0.327 e. The van der Waals surface area contributed by atoms with Crippen molar-refractivity contribution in [2.45, 2.75) is 48.3 Å². The fourth-order valence-electron chi connectivity index (χ4n) is 2.18. The van der Waals surface area contributed by atoms with Gasteiger partial charge in [0, 0.05) is 22.3 Å². The van der Waals surface area contributed by atoms with Gasteiger partial charge in [-0.1, -0.05) is 19.3 Å². The molecule has 0 heterocycles. The molecule has 4 heteroatoms. The molecular weight excluding hydrogens is 240 g/mol. The molecule has 94 valence electrons. The van der Waals surface area contributed by atoms with Gasteiger partial charge in [0.2, 0.25) is 0 Å². The molecule has 1 saturated carbocycles. The standard InChI is InChI=1S/C13H17F2NS/c14-9-6-7-12(10(15)8-9)17-13-5-3-1-2-4-11(13)16/h6-8,11,13H,1-5,16H2. The highest BCUT2D eigenvalue weighted by Crippen LogP contribution is 2.33. The summed E-state index contributed by atoms with van der Waals surface area (Å²) in [5.74, 6) is -1.01. The third-order valence-corrected chi connectivity index (χ3v) is 4.65. The van der Waals surface area contributed by atoms with Gasteiger partial charge in [-0.3, -0.25) is 0 Å². The van der Waals surface area contributed by atoms with Gasteiger partial charge in [0.05, 0.1) is 0 Å². The van der Waals surface area contributed by atoms with E-state index in [2.05, 4.69) is 0 Å². The highest BCUT2D eigenvalue weighted by molar-refractivity contribution is 8.00. The molecule has 1 fully saturated rings. The lowest BCUT2D eigenvalue weighted by Gasteiger charge is -2.20. The molecule has 0 bridgehead atoms. The number of rotatable bonds is 2. The molecule has 2 N–H and O–H groups in total. The maximum atomic E-state index is 13.5. The average Bonchev–Trinajstić information content (AvgIpc) is 2.48. The Balaban J connectivity index is 2.08. The first-order chi connectivity index (χ1) is 8.16. The predicted molar refractivity (Wildman–Crippen MR) is 67.1 cm³/mol. The van der Waals surface area contributed by atoms with E-state index in [9.17, 15) is 8.78 Å². The van der Waals surface area contributed by atoms with Crippen molar-refractivity contribution in [3.05, 3.63) is 29.8 Å². The van der Waals surface area contributed by atoms with Crippen LogP contribution in [0.2, 0.25) is 0 Å². The Kier molecular flexibility index (Phi) is 4.40. The number of hydrogen-bond acceptors (Lipinski definition) is 2. The number of hydrogen-bond donors (Lipinski definition) is 1. The van der Waals surface area contributed by atoms with Crippen LogP contribution in [-0.4, -0.2) is 11.3 Å². The van der Waals surface area contributed by atoms with E-state index in [-0.39, 0.29) is 11.3 Å². The summed E-state index contributed by atoms with van der Waals surface area (Å²) >= 11 is 1.45. The Morgan fingerprint density at radius 3 is 2.65 bits per heavy atom. The van der Waals surface area contributed by atoms with Crippen LogP contribution >= 0.6 is 11.8 Å². The zero-order valence-corrected chi connectivity index (χ0v) is 10.5. The molecule has 0 aromatic heterocycles. The van der Waals surface area contributed by atoms with Crippen LogP contribution in [0.1, 0.15) is 32.1 Å². The molecule has 1 aliphatic carbocycles. The van der Waals surface area contributed by atoms with Gasteiger partial charge in [0.1, 0.15) is 11.6 Å². The van der Waals surface area contributed by atoms with Crippen molar-refractivity contribution in [3.8, 4) is 0 Å². The number of nitrogens with two attached hydrogens (primary N) is 1. The lowest BCUT2D eigenvalue weighted by atomic mass is 10.1. The van der Waals surface area contributed by atoms with E-state index in [1.807, 2.05) is 0 Å². The summed E-state index contributed by atoms with van der Waals surface area (Å²) in [7, 11) is 0. The minimum absolute atomic E-state index is 0.118. The van der Waals surface area contributed by atoms with Crippen molar-refractivity contribution in [2.75, 3.05) is 0 Å². The highest BCUT2D eigenvalue weighted by atomic mass is 32.2. The first-order valence-electron chi connectivity index (χ1n) is 6.04. The Morgan fingerprint density at radius 2 is 1.88 bits per heavy atom. The fraction of sp³-hybridized carbons (Fsp3) is 0.538. The molecule has 0 saturated heterocycles. The SMILES string of the molecule is NC1CCCCCC1Sc1ccc(F)cc1F. The maximum absolute atomic E-state index is 13.5. The Hall–Kier alpha value is -0.610. The molecule has 1 aromatic rings.